The molecule has 0 saturated heterocycles. The topological polar surface area (TPSA) is 64.7 Å². The van der Waals surface area contributed by atoms with Crippen molar-refractivity contribution in [2.75, 3.05) is 5.73 Å². The lowest BCUT2D eigenvalue weighted by Crippen LogP contribution is -2.00. The average molecular weight is 214 g/mol. The molecule has 0 aliphatic rings. The summed E-state index contributed by atoms with van der Waals surface area (Å²) in [5.74, 6) is 1.19. The van der Waals surface area contributed by atoms with E-state index in [-0.39, 0.29) is 0 Å². The van der Waals surface area contributed by atoms with Crippen molar-refractivity contribution in [3.63, 3.8) is 0 Å². The lowest BCUT2D eigenvalue weighted by Gasteiger charge is -2.06. The molecule has 2 N–H and O–H groups in total. The first-order chi connectivity index (χ1) is 7.70. The number of hydrogen-bond acceptors (Lipinski definition) is 4. The van der Waals surface area contributed by atoms with E-state index < -0.39 is 0 Å². The van der Waals surface area contributed by atoms with E-state index in [1.807, 2.05) is 19.9 Å². The van der Waals surface area contributed by atoms with Gasteiger partial charge in [0.25, 0.3) is 0 Å². The number of pyridine rings is 1. The Hall–Kier alpha value is -1.97. The molecule has 4 heteroatoms. The summed E-state index contributed by atoms with van der Waals surface area (Å²) >= 11 is 0. The second kappa shape index (κ2) is 4.26. The summed E-state index contributed by atoms with van der Waals surface area (Å²) in [4.78, 5) is 12.8. The van der Waals surface area contributed by atoms with Crippen LogP contribution in [0.5, 0.6) is 0 Å². The van der Waals surface area contributed by atoms with Crippen molar-refractivity contribution in [2.24, 2.45) is 0 Å². The molecule has 2 rings (SSSR count). The van der Waals surface area contributed by atoms with E-state index in [1.54, 1.807) is 18.5 Å². The van der Waals surface area contributed by atoms with Crippen LogP contribution in [0.3, 0.4) is 0 Å². The Balaban J connectivity index is 2.56. The van der Waals surface area contributed by atoms with Crippen LogP contribution in [-0.2, 0) is 6.42 Å². The van der Waals surface area contributed by atoms with Crippen molar-refractivity contribution in [1.29, 1.82) is 0 Å². The highest BCUT2D eigenvalue weighted by Gasteiger charge is 2.06. The minimum absolute atomic E-state index is 0.512. The molecule has 0 saturated carbocycles. The molecule has 0 aliphatic heterocycles. The first kappa shape index (κ1) is 10.5. The molecule has 0 atom stereocenters. The number of aromatic nitrogens is 3. The summed E-state index contributed by atoms with van der Waals surface area (Å²) in [7, 11) is 0. The number of anilines is 1. The van der Waals surface area contributed by atoms with Crippen molar-refractivity contribution in [2.45, 2.75) is 20.3 Å². The molecule has 2 heterocycles. The van der Waals surface area contributed by atoms with Crippen LogP contribution >= 0.6 is 0 Å². The summed E-state index contributed by atoms with van der Waals surface area (Å²) in [6.45, 7) is 4.03. The van der Waals surface area contributed by atoms with Gasteiger partial charge in [-0.2, -0.15) is 0 Å². The molecule has 4 nitrogen and oxygen atoms in total. The van der Waals surface area contributed by atoms with Gasteiger partial charge < -0.3 is 5.73 Å². The third kappa shape index (κ3) is 2.00. The number of rotatable bonds is 2. The zero-order chi connectivity index (χ0) is 11.5. The van der Waals surface area contributed by atoms with Crippen molar-refractivity contribution in [3.05, 3.63) is 35.8 Å². The lowest BCUT2D eigenvalue weighted by atomic mass is 10.1. The van der Waals surface area contributed by atoms with Gasteiger partial charge in [-0.3, -0.25) is 4.98 Å². The molecule has 2 aromatic rings. The fourth-order valence-corrected chi connectivity index (χ4v) is 1.54. The van der Waals surface area contributed by atoms with E-state index in [0.29, 0.717) is 11.6 Å². The van der Waals surface area contributed by atoms with Gasteiger partial charge in [0.2, 0.25) is 0 Å². The molecule has 0 aromatic carbocycles. The van der Waals surface area contributed by atoms with Gasteiger partial charge in [-0.1, -0.05) is 6.92 Å². The molecule has 82 valence electrons. The minimum Gasteiger partial charge on any atom is -0.384 e. The normalized spacial score (nSPS) is 10.4. The van der Waals surface area contributed by atoms with Gasteiger partial charge in [0.1, 0.15) is 5.82 Å². The van der Waals surface area contributed by atoms with E-state index >= 15 is 0 Å². The fraction of sp³-hybridized carbons (Fsp3) is 0.250. The van der Waals surface area contributed by atoms with Crippen LogP contribution in [-0.4, -0.2) is 15.0 Å². The van der Waals surface area contributed by atoms with Gasteiger partial charge in [0, 0.05) is 29.7 Å². The molecular formula is C12H14N4. The van der Waals surface area contributed by atoms with Gasteiger partial charge in [0.15, 0.2) is 5.82 Å². The second-order valence-electron chi connectivity index (χ2n) is 3.65. The Morgan fingerprint density at radius 3 is 2.81 bits per heavy atom. The first-order valence-electron chi connectivity index (χ1n) is 5.25. The number of hydrogen-bond donors (Lipinski definition) is 1. The summed E-state index contributed by atoms with van der Waals surface area (Å²) in [6.07, 6.45) is 4.39. The zero-order valence-electron chi connectivity index (χ0n) is 9.44. The third-order valence-electron chi connectivity index (χ3n) is 2.42. The van der Waals surface area contributed by atoms with E-state index in [1.165, 1.54) is 0 Å². The maximum Gasteiger partial charge on any atom is 0.162 e. The highest BCUT2D eigenvalue weighted by Crippen LogP contribution is 2.19. The molecule has 2 aromatic heterocycles. The Kier molecular flexibility index (Phi) is 2.81. The number of nitrogens with two attached hydrogens (primary N) is 1. The lowest BCUT2D eigenvalue weighted by molar-refractivity contribution is 1.01. The average Bonchev–Trinajstić information content (AvgIpc) is 2.28. The Labute approximate surface area is 94.6 Å². The Morgan fingerprint density at radius 1 is 1.31 bits per heavy atom. The molecule has 0 amide bonds. The van der Waals surface area contributed by atoms with Crippen LogP contribution in [0.4, 0.5) is 5.82 Å². The molecular weight excluding hydrogens is 200 g/mol. The van der Waals surface area contributed by atoms with Gasteiger partial charge in [0.05, 0.1) is 0 Å². The van der Waals surface area contributed by atoms with Crippen molar-refractivity contribution in [3.8, 4) is 11.4 Å². The van der Waals surface area contributed by atoms with Gasteiger partial charge in [-0.25, -0.2) is 9.97 Å². The fourth-order valence-electron chi connectivity index (χ4n) is 1.54. The summed E-state index contributed by atoms with van der Waals surface area (Å²) in [5, 5.41) is 0. The predicted molar refractivity (Wildman–Crippen MR) is 63.8 cm³/mol. The summed E-state index contributed by atoms with van der Waals surface area (Å²) in [5.41, 5.74) is 8.75. The largest absolute Gasteiger partial charge is 0.384 e. The van der Waals surface area contributed by atoms with Crippen LogP contribution < -0.4 is 5.73 Å². The number of aryl methyl sites for hydroxylation is 2. The van der Waals surface area contributed by atoms with Gasteiger partial charge in [-0.15, -0.1) is 0 Å². The molecule has 16 heavy (non-hydrogen) atoms. The van der Waals surface area contributed by atoms with Crippen LogP contribution in [0.15, 0.2) is 24.5 Å². The van der Waals surface area contributed by atoms with E-state index in [2.05, 4.69) is 15.0 Å². The maximum absolute atomic E-state index is 5.76. The first-order valence-corrected chi connectivity index (χ1v) is 5.25. The molecule has 0 radical (unpaired) electrons. The second-order valence-corrected chi connectivity index (χ2v) is 3.65. The Bertz CT molecular complexity index is 508. The maximum atomic E-state index is 5.76. The SMILES string of the molecule is CCc1cc(N)nc(-c2ccncc2C)n1. The monoisotopic (exact) mass is 214 g/mol. The molecule has 0 spiro atoms. The highest BCUT2D eigenvalue weighted by molar-refractivity contribution is 5.60. The van der Waals surface area contributed by atoms with Crippen LogP contribution in [0.2, 0.25) is 0 Å². The van der Waals surface area contributed by atoms with Gasteiger partial charge >= 0.3 is 0 Å². The molecule has 0 bridgehead atoms. The Morgan fingerprint density at radius 2 is 2.12 bits per heavy atom. The number of nitrogen functional groups attached to an aromatic ring is 1. The zero-order valence-corrected chi connectivity index (χ0v) is 9.44. The predicted octanol–water partition coefficient (Wildman–Crippen LogP) is 1.99. The van der Waals surface area contributed by atoms with Crippen molar-refractivity contribution in [1.82, 2.24) is 15.0 Å². The van der Waals surface area contributed by atoms with Crippen LogP contribution in [0.1, 0.15) is 18.2 Å². The van der Waals surface area contributed by atoms with Crippen molar-refractivity contribution < 1.29 is 0 Å². The van der Waals surface area contributed by atoms with E-state index in [0.717, 1.165) is 23.2 Å². The third-order valence-corrected chi connectivity index (χ3v) is 2.42. The van der Waals surface area contributed by atoms with E-state index in [9.17, 15) is 0 Å². The minimum atomic E-state index is 0.512. The van der Waals surface area contributed by atoms with E-state index in [4.69, 9.17) is 5.73 Å². The van der Waals surface area contributed by atoms with Crippen LogP contribution in [0.25, 0.3) is 11.4 Å². The standard InChI is InChI=1S/C12H14N4/c1-3-9-6-11(13)16-12(15-9)10-4-5-14-7-8(10)2/h4-7H,3H2,1-2H3,(H2,13,15,16). The van der Waals surface area contributed by atoms with Gasteiger partial charge in [-0.05, 0) is 25.0 Å². The summed E-state index contributed by atoms with van der Waals surface area (Å²) in [6, 6.07) is 3.71. The van der Waals surface area contributed by atoms with Crippen LogP contribution in [0, 0.1) is 6.92 Å². The molecule has 0 unspecified atom stereocenters. The quantitative estimate of drug-likeness (QED) is 0.830. The molecule has 0 fully saturated rings. The molecule has 0 aliphatic carbocycles. The van der Waals surface area contributed by atoms with Crippen molar-refractivity contribution >= 4 is 5.82 Å². The summed E-state index contributed by atoms with van der Waals surface area (Å²) < 4.78 is 0. The number of nitrogens with zero attached hydrogens (tertiary/aromatic N) is 3. The smallest absolute Gasteiger partial charge is 0.162 e. The highest BCUT2D eigenvalue weighted by atomic mass is 14.9.